The van der Waals surface area contributed by atoms with Crippen LogP contribution in [0.25, 0.3) is 0 Å². The fourth-order valence-electron chi connectivity index (χ4n) is 3.39. The summed E-state index contributed by atoms with van der Waals surface area (Å²) in [6.07, 6.45) is 6.33. The van der Waals surface area contributed by atoms with Gasteiger partial charge < -0.3 is 10.6 Å². The first-order valence-corrected chi connectivity index (χ1v) is 10.1. The molecule has 0 atom stereocenters. The number of benzene rings is 1. The highest BCUT2D eigenvalue weighted by atomic mass is 32.1. The van der Waals surface area contributed by atoms with Crippen LogP contribution in [0.15, 0.2) is 48.8 Å². The summed E-state index contributed by atoms with van der Waals surface area (Å²) in [6.45, 7) is 2.39. The summed E-state index contributed by atoms with van der Waals surface area (Å²) in [5, 5.41) is 6.57. The van der Waals surface area contributed by atoms with Crippen molar-refractivity contribution in [2.24, 2.45) is 0 Å². The Morgan fingerprint density at radius 1 is 1.11 bits per heavy atom. The normalized spacial score (nSPS) is 12.5. The van der Waals surface area contributed by atoms with Gasteiger partial charge in [0, 0.05) is 29.4 Å². The Hall–Kier alpha value is -2.99. The van der Waals surface area contributed by atoms with E-state index in [0.717, 1.165) is 36.0 Å². The molecule has 6 heteroatoms. The Labute approximate surface area is 167 Å². The molecule has 0 radical (unpaired) electrons. The summed E-state index contributed by atoms with van der Waals surface area (Å²) in [5.74, 6) is -0.344. The van der Waals surface area contributed by atoms with Gasteiger partial charge in [-0.05, 0) is 55.5 Å². The molecule has 142 valence electrons. The molecule has 3 aromatic rings. The molecule has 0 unspecified atom stereocenters. The van der Waals surface area contributed by atoms with Gasteiger partial charge >= 0.3 is 0 Å². The molecule has 28 heavy (non-hydrogen) atoms. The maximum Gasteiger partial charge on any atom is 0.256 e. The molecule has 1 aliphatic carbocycles. The van der Waals surface area contributed by atoms with Crippen molar-refractivity contribution in [3.63, 3.8) is 0 Å². The molecule has 4 rings (SSSR count). The van der Waals surface area contributed by atoms with Crippen LogP contribution in [0.4, 0.5) is 5.00 Å². The van der Waals surface area contributed by atoms with Crippen molar-refractivity contribution in [1.82, 2.24) is 10.3 Å². The third kappa shape index (κ3) is 3.82. The smallest absolute Gasteiger partial charge is 0.256 e. The molecule has 0 saturated heterocycles. The number of nitrogens with one attached hydrogen (secondary N) is 2. The Kier molecular flexibility index (Phi) is 5.21. The number of aromatic nitrogens is 1. The average molecular weight is 391 g/mol. The van der Waals surface area contributed by atoms with Crippen LogP contribution in [-0.2, 0) is 19.4 Å². The fourth-order valence-corrected chi connectivity index (χ4v) is 4.67. The lowest BCUT2D eigenvalue weighted by Crippen LogP contribution is -2.25. The first-order chi connectivity index (χ1) is 13.6. The van der Waals surface area contributed by atoms with Crippen molar-refractivity contribution in [2.45, 2.75) is 32.7 Å². The number of amides is 2. The summed E-state index contributed by atoms with van der Waals surface area (Å²) in [7, 11) is 0. The molecule has 0 bridgehead atoms. The number of pyridine rings is 1. The number of anilines is 1. The highest BCUT2D eigenvalue weighted by molar-refractivity contribution is 7.17. The fraction of sp³-hybridized carbons (Fsp3) is 0.227. The molecule has 0 fully saturated rings. The van der Waals surface area contributed by atoms with Gasteiger partial charge in [0.25, 0.3) is 11.8 Å². The van der Waals surface area contributed by atoms with Crippen LogP contribution in [0.1, 0.15) is 48.7 Å². The number of rotatable bonds is 5. The van der Waals surface area contributed by atoms with Crippen LogP contribution in [0.3, 0.4) is 0 Å². The standard InChI is InChI=1S/C22H21N3O2S/c1-14-7-9-16(10-8-14)20(26)25-22-19(17-5-2-6-18(17)28-22)21(27)24-13-15-4-3-11-23-12-15/h3-4,7-12H,2,5-6,13H2,1H3,(H,24,27)(H,25,26). The lowest BCUT2D eigenvalue weighted by Gasteiger charge is -2.10. The van der Waals surface area contributed by atoms with E-state index in [0.29, 0.717) is 22.7 Å². The molecule has 2 amide bonds. The van der Waals surface area contributed by atoms with E-state index in [2.05, 4.69) is 15.6 Å². The van der Waals surface area contributed by atoms with Gasteiger partial charge in [-0.15, -0.1) is 11.3 Å². The van der Waals surface area contributed by atoms with Crippen molar-refractivity contribution < 1.29 is 9.59 Å². The topological polar surface area (TPSA) is 71.1 Å². The van der Waals surface area contributed by atoms with Crippen LogP contribution in [0, 0.1) is 6.92 Å². The van der Waals surface area contributed by atoms with Crippen molar-refractivity contribution in [3.8, 4) is 0 Å². The molecule has 1 aromatic carbocycles. The number of nitrogens with zero attached hydrogens (tertiary/aromatic N) is 1. The summed E-state index contributed by atoms with van der Waals surface area (Å²) in [4.78, 5) is 30.9. The van der Waals surface area contributed by atoms with Gasteiger partial charge in [0.1, 0.15) is 5.00 Å². The van der Waals surface area contributed by atoms with Gasteiger partial charge in [-0.2, -0.15) is 0 Å². The summed E-state index contributed by atoms with van der Waals surface area (Å²) < 4.78 is 0. The minimum absolute atomic E-state index is 0.151. The van der Waals surface area contributed by atoms with Gasteiger partial charge in [0.05, 0.1) is 5.56 Å². The maximum atomic E-state index is 12.9. The second kappa shape index (κ2) is 7.94. The minimum Gasteiger partial charge on any atom is -0.348 e. The number of fused-ring (bicyclic) bond motifs is 1. The van der Waals surface area contributed by atoms with E-state index in [9.17, 15) is 9.59 Å². The van der Waals surface area contributed by atoms with Crippen molar-refractivity contribution in [1.29, 1.82) is 0 Å². The molecule has 2 N–H and O–H groups in total. The predicted molar refractivity (Wildman–Crippen MR) is 111 cm³/mol. The van der Waals surface area contributed by atoms with E-state index in [1.54, 1.807) is 24.5 Å². The third-order valence-corrected chi connectivity index (χ3v) is 6.07. The Morgan fingerprint density at radius 2 is 1.93 bits per heavy atom. The van der Waals surface area contributed by atoms with E-state index in [4.69, 9.17) is 0 Å². The van der Waals surface area contributed by atoms with Crippen LogP contribution in [-0.4, -0.2) is 16.8 Å². The zero-order chi connectivity index (χ0) is 19.5. The van der Waals surface area contributed by atoms with E-state index in [-0.39, 0.29) is 11.8 Å². The first kappa shape index (κ1) is 18.4. The van der Waals surface area contributed by atoms with Crippen molar-refractivity contribution in [3.05, 3.63) is 81.5 Å². The number of carbonyl (C=O) groups is 2. The molecule has 0 aliphatic heterocycles. The molecule has 0 saturated carbocycles. The molecular formula is C22H21N3O2S. The van der Waals surface area contributed by atoms with Gasteiger partial charge in [-0.3, -0.25) is 14.6 Å². The van der Waals surface area contributed by atoms with Gasteiger partial charge in [-0.25, -0.2) is 0 Å². The number of hydrogen-bond donors (Lipinski definition) is 2. The van der Waals surface area contributed by atoms with Crippen LogP contribution < -0.4 is 10.6 Å². The van der Waals surface area contributed by atoms with Crippen LogP contribution in [0.2, 0.25) is 0 Å². The zero-order valence-electron chi connectivity index (χ0n) is 15.6. The van der Waals surface area contributed by atoms with E-state index in [1.165, 1.54) is 16.2 Å². The zero-order valence-corrected chi connectivity index (χ0v) is 16.4. The molecular weight excluding hydrogens is 370 g/mol. The van der Waals surface area contributed by atoms with E-state index >= 15 is 0 Å². The minimum atomic E-state index is -0.193. The average Bonchev–Trinajstić information content (AvgIpc) is 3.28. The largest absolute Gasteiger partial charge is 0.348 e. The van der Waals surface area contributed by atoms with Gasteiger partial charge in [0.2, 0.25) is 0 Å². The quantitative estimate of drug-likeness (QED) is 0.687. The molecule has 1 aliphatic rings. The summed E-state index contributed by atoms with van der Waals surface area (Å²) >= 11 is 1.52. The predicted octanol–water partition coefficient (Wildman–Crippen LogP) is 4.12. The SMILES string of the molecule is Cc1ccc(C(=O)Nc2sc3c(c2C(=O)NCc2cccnc2)CCC3)cc1. The Balaban J connectivity index is 1.55. The molecule has 0 spiro atoms. The number of hydrogen-bond acceptors (Lipinski definition) is 4. The number of thiophene rings is 1. The Morgan fingerprint density at radius 3 is 2.68 bits per heavy atom. The second-order valence-corrected chi connectivity index (χ2v) is 8.03. The van der Waals surface area contributed by atoms with Crippen molar-refractivity contribution in [2.75, 3.05) is 5.32 Å². The van der Waals surface area contributed by atoms with E-state index < -0.39 is 0 Å². The Bertz CT molecular complexity index is 1010. The number of aryl methyl sites for hydroxylation is 2. The monoisotopic (exact) mass is 391 g/mol. The van der Waals surface area contributed by atoms with Gasteiger partial charge in [-0.1, -0.05) is 23.8 Å². The lowest BCUT2D eigenvalue weighted by molar-refractivity contribution is 0.0951. The summed E-state index contributed by atoms with van der Waals surface area (Å²) in [6, 6.07) is 11.2. The summed E-state index contributed by atoms with van der Waals surface area (Å²) in [5.41, 5.74) is 4.31. The van der Waals surface area contributed by atoms with E-state index in [1.807, 2.05) is 31.2 Å². The van der Waals surface area contributed by atoms with Crippen LogP contribution >= 0.6 is 11.3 Å². The molecule has 5 nitrogen and oxygen atoms in total. The highest BCUT2D eigenvalue weighted by Crippen LogP contribution is 2.39. The first-order valence-electron chi connectivity index (χ1n) is 9.31. The van der Waals surface area contributed by atoms with Gasteiger partial charge in [0.15, 0.2) is 0 Å². The highest BCUT2D eigenvalue weighted by Gasteiger charge is 2.27. The number of carbonyl (C=O) groups excluding carboxylic acids is 2. The molecule has 2 aromatic heterocycles. The van der Waals surface area contributed by atoms with Crippen molar-refractivity contribution >= 4 is 28.2 Å². The second-order valence-electron chi connectivity index (χ2n) is 6.93. The lowest BCUT2D eigenvalue weighted by atomic mass is 10.1. The third-order valence-electron chi connectivity index (χ3n) is 4.87. The molecule has 2 heterocycles. The van der Waals surface area contributed by atoms with Crippen LogP contribution in [0.5, 0.6) is 0 Å². The maximum absolute atomic E-state index is 12.9.